The van der Waals surface area contributed by atoms with Crippen LogP contribution in [0.3, 0.4) is 0 Å². The van der Waals surface area contributed by atoms with Crippen LogP contribution >= 0.6 is 0 Å². The summed E-state index contributed by atoms with van der Waals surface area (Å²) in [6.07, 6.45) is 0.182. The second-order valence-corrected chi connectivity index (χ2v) is 3.94. The molecule has 0 aliphatic carbocycles. The zero-order valence-electron chi connectivity index (χ0n) is 9.66. The SMILES string of the molecule is CC(CN)Nc1ccccc1OC(C)C. The first kappa shape index (κ1) is 11.9. The largest absolute Gasteiger partial charge is 0.489 e. The van der Waals surface area contributed by atoms with Gasteiger partial charge in [-0.15, -0.1) is 0 Å². The molecule has 1 atom stereocenters. The first-order valence-electron chi connectivity index (χ1n) is 5.35. The molecule has 3 N–H and O–H groups in total. The minimum atomic E-state index is 0.182. The lowest BCUT2D eigenvalue weighted by Crippen LogP contribution is -2.25. The van der Waals surface area contributed by atoms with Gasteiger partial charge in [-0.1, -0.05) is 12.1 Å². The second kappa shape index (κ2) is 5.61. The van der Waals surface area contributed by atoms with Crippen molar-refractivity contribution in [3.63, 3.8) is 0 Å². The Balaban J connectivity index is 2.76. The number of hydrogen-bond donors (Lipinski definition) is 2. The van der Waals surface area contributed by atoms with E-state index < -0.39 is 0 Å². The molecule has 0 bridgehead atoms. The summed E-state index contributed by atoms with van der Waals surface area (Å²) in [5.74, 6) is 0.882. The molecule has 15 heavy (non-hydrogen) atoms. The molecule has 3 nitrogen and oxygen atoms in total. The van der Waals surface area contributed by atoms with Crippen LogP contribution in [-0.2, 0) is 0 Å². The average Bonchev–Trinajstić information content (AvgIpc) is 2.20. The number of rotatable bonds is 5. The molecule has 0 aliphatic rings. The zero-order valence-corrected chi connectivity index (χ0v) is 9.66. The van der Waals surface area contributed by atoms with Gasteiger partial charge in [-0.2, -0.15) is 0 Å². The highest BCUT2D eigenvalue weighted by molar-refractivity contribution is 5.56. The number of benzene rings is 1. The maximum atomic E-state index is 5.69. The summed E-state index contributed by atoms with van der Waals surface area (Å²) < 4.78 is 5.69. The van der Waals surface area contributed by atoms with Crippen molar-refractivity contribution < 1.29 is 4.74 Å². The van der Waals surface area contributed by atoms with Crippen molar-refractivity contribution in [1.29, 1.82) is 0 Å². The zero-order chi connectivity index (χ0) is 11.3. The van der Waals surface area contributed by atoms with Crippen molar-refractivity contribution in [3.8, 4) is 5.75 Å². The van der Waals surface area contributed by atoms with Crippen molar-refractivity contribution >= 4 is 5.69 Å². The van der Waals surface area contributed by atoms with E-state index in [1.807, 2.05) is 45.0 Å². The van der Waals surface area contributed by atoms with E-state index in [1.54, 1.807) is 0 Å². The number of anilines is 1. The van der Waals surface area contributed by atoms with Gasteiger partial charge in [-0.05, 0) is 32.9 Å². The van der Waals surface area contributed by atoms with E-state index in [-0.39, 0.29) is 12.1 Å². The summed E-state index contributed by atoms with van der Waals surface area (Å²) >= 11 is 0. The highest BCUT2D eigenvalue weighted by atomic mass is 16.5. The molecule has 0 heterocycles. The fourth-order valence-corrected chi connectivity index (χ4v) is 1.27. The van der Waals surface area contributed by atoms with Gasteiger partial charge in [0, 0.05) is 12.6 Å². The summed E-state index contributed by atoms with van der Waals surface area (Å²) in [6.45, 7) is 6.69. The molecule has 1 unspecified atom stereocenters. The van der Waals surface area contributed by atoms with Crippen molar-refractivity contribution in [2.45, 2.75) is 32.9 Å². The Bertz CT molecular complexity index is 299. The molecule has 84 valence electrons. The predicted octanol–water partition coefficient (Wildman–Crippen LogP) is 2.23. The third-order valence-electron chi connectivity index (χ3n) is 2.01. The summed E-state index contributed by atoms with van der Waals surface area (Å²) in [4.78, 5) is 0. The van der Waals surface area contributed by atoms with Crippen LogP contribution in [0.2, 0.25) is 0 Å². The summed E-state index contributed by atoms with van der Waals surface area (Å²) in [5.41, 5.74) is 6.57. The highest BCUT2D eigenvalue weighted by Crippen LogP contribution is 2.25. The summed E-state index contributed by atoms with van der Waals surface area (Å²) in [5, 5.41) is 3.32. The molecule has 0 fully saturated rings. The molecule has 1 rings (SSSR count). The third kappa shape index (κ3) is 3.80. The van der Waals surface area contributed by atoms with Gasteiger partial charge in [0.05, 0.1) is 11.8 Å². The van der Waals surface area contributed by atoms with Crippen LogP contribution in [0.25, 0.3) is 0 Å². The lowest BCUT2D eigenvalue weighted by molar-refractivity contribution is 0.243. The molecular formula is C12H20N2O. The van der Waals surface area contributed by atoms with E-state index in [0.717, 1.165) is 11.4 Å². The van der Waals surface area contributed by atoms with Crippen LogP contribution in [0, 0.1) is 0 Å². The van der Waals surface area contributed by atoms with Gasteiger partial charge < -0.3 is 15.8 Å². The predicted molar refractivity (Wildman–Crippen MR) is 64.3 cm³/mol. The van der Waals surface area contributed by atoms with E-state index in [1.165, 1.54) is 0 Å². The second-order valence-electron chi connectivity index (χ2n) is 3.94. The van der Waals surface area contributed by atoms with Crippen molar-refractivity contribution in [3.05, 3.63) is 24.3 Å². The molecule has 3 heteroatoms. The van der Waals surface area contributed by atoms with E-state index in [9.17, 15) is 0 Å². The number of para-hydroxylation sites is 2. The third-order valence-corrected chi connectivity index (χ3v) is 2.01. The van der Waals surface area contributed by atoms with E-state index in [2.05, 4.69) is 5.32 Å². The molecule has 0 aromatic heterocycles. The van der Waals surface area contributed by atoms with Gasteiger partial charge in [0.15, 0.2) is 0 Å². The van der Waals surface area contributed by atoms with Crippen molar-refractivity contribution in [2.24, 2.45) is 5.73 Å². The average molecular weight is 208 g/mol. The molecular weight excluding hydrogens is 188 g/mol. The van der Waals surface area contributed by atoms with Crippen LogP contribution in [0.1, 0.15) is 20.8 Å². The lowest BCUT2D eigenvalue weighted by atomic mass is 10.2. The van der Waals surface area contributed by atoms with Crippen molar-refractivity contribution in [2.75, 3.05) is 11.9 Å². The molecule has 1 aromatic carbocycles. The minimum Gasteiger partial charge on any atom is -0.489 e. The standard InChI is InChI=1S/C12H20N2O/c1-9(2)15-12-7-5-4-6-11(12)14-10(3)8-13/h4-7,9-10,14H,8,13H2,1-3H3. The number of nitrogens with one attached hydrogen (secondary N) is 1. The molecule has 0 amide bonds. The van der Waals surface area contributed by atoms with Crippen LogP contribution in [0.15, 0.2) is 24.3 Å². The Labute approximate surface area is 91.6 Å². The van der Waals surface area contributed by atoms with Gasteiger partial charge in [-0.25, -0.2) is 0 Å². The Kier molecular flexibility index (Phi) is 4.43. The minimum absolute atomic E-state index is 0.182. The topological polar surface area (TPSA) is 47.3 Å². The van der Waals surface area contributed by atoms with Gasteiger partial charge >= 0.3 is 0 Å². The van der Waals surface area contributed by atoms with Crippen molar-refractivity contribution in [1.82, 2.24) is 0 Å². The fourth-order valence-electron chi connectivity index (χ4n) is 1.27. The van der Waals surface area contributed by atoms with E-state index in [0.29, 0.717) is 6.54 Å². The number of ether oxygens (including phenoxy) is 1. The van der Waals surface area contributed by atoms with E-state index >= 15 is 0 Å². The Hall–Kier alpha value is -1.22. The lowest BCUT2D eigenvalue weighted by Gasteiger charge is -2.18. The molecule has 0 spiro atoms. The summed E-state index contributed by atoms with van der Waals surface area (Å²) in [7, 11) is 0. The van der Waals surface area contributed by atoms with Gasteiger partial charge in [0.1, 0.15) is 5.75 Å². The van der Waals surface area contributed by atoms with Crippen LogP contribution in [0.4, 0.5) is 5.69 Å². The van der Waals surface area contributed by atoms with Gasteiger partial charge in [-0.3, -0.25) is 0 Å². The quantitative estimate of drug-likeness (QED) is 0.780. The Morgan fingerprint density at radius 3 is 2.53 bits per heavy atom. The van der Waals surface area contributed by atoms with Crippen LogP contribution < -0.4 is 15.8 Å². The number of hydrogen-bond acceptors (Lipinski definition) is 3. The summed E-state index contributed by atoms with van der Waals surface area (Å²) in [6, 6.07) is 8.17. The fraction of sp³-hybridized carbons (Fsp3) is 0.500. The molecule has 0 radical (unpaired) electrons. The smallest absolute Gasteiger partial charge is 0.142 e. The normalized spacial score (nSPS) is 12.6. The number of nitrogens with two attached hydrogens (primary N) is 1. The maximum Gasteiger partial charge on any atom is 0.142 e. The van der Waals surface area contributed by atoms with Gasteiger partial charge in [0.25, 0.3) is 0 Å². The molecule has 0 saturated carbocycles. The van der Waals surface area contributed by atoms with Gasteiger partial charge in [0.2, 0.25) is 0 Å². The Morgan fingerprint density at radius 1 is 1.27 bits per heavy atom. The first-order valence-corrected chi connectivity index (χ1v) is 5.35. The molecule has 0 saturated heterocycles. The Morgan fingerprint density at radius 2 is 1.93 bits per heavy atom. The van der Waals surface area contributed by atoms with Crippen LogP contribution in [-0.4, -0.2) is 18.7 Å². The highest BCUT2D eigenvalue weighted by Gasteiger charge is 2.06. The van der Waals surface area contributed by atoms with E-state index in [4.69, 9.17) is 10.5 Å². The molecule has 1 aromatic rings. The monoisotopic (exact) mass is 208 g/mol. The first-order chi connectivity index (χ1) is 7.13. The molecule has 0 aliphatic heterocycles. The maximum absolute atomic E-state index is 5.69. The van der Waals surface area contributed by atoms with Crippen LogP contribution in [0.5, 0.6) is 5.75 Å².